The Morgan fingerprint density at radius 3 is 2.24 bits per heavy atom. The Bertz CT molecular complexity index is 972. The van der Waals surface area contributed by atoms with Crippen LogP contribution in [0.25, 0.3) is 0 Å². The molecule has 1 N–H and O–H groups in total. The minimum Gasteiger partial charge on any atom is -0.350 e. The molecule has 0 saturated carbocycles. The molecule has 0 radical (unpaired) electrons. The number of benzene rings is 2. The number of aryl methyl sites for hydroxylation is 3. The number of carbonyl (C=O) groups is 1. The average Bonchev–Trinajstić information content (AvgIpc) is 2.61. The first-order valence-corrected chi connectivity index (χ1v) is 11.8. The van der Waals surface area contributed by atoms with Gasteiger partial charge in [0, 0.05) is 18.0 Å². The first-order valence-electron chi connectivity index (χ1n) is 9.59. The van der Waals surface area contributed by atoms with E-state index in [9.17, 15) is 13.2 Å². The lowest BCUT2D eigenvalue weighted by molar-refractivity contribution is -0.121. The largest absolute Gasteiger partial charge is 0.350 e. The minimum atomic E-state index is -3.45. The molecule has 1 atom stereocenters. The van der Waals surface area contributed by atoms with E-state index in [2.05, 4.69) is 31.3 Å². The normalized spacial score (nSPS) is 12.5. The standard InChI is InChI=1S/C22H29ClN2O3S/c1-15-13-17(3)21(14-16(15)2)18(4)24-22(26)7-6-12-25(29(5,27)28)20-10-8-19(23)9-11-20/h8-11,13-14,18H,6-7,12H2,1-5H3,(H,24,26)/t18-/m0/s1. The molecule has 5 nitrogen and oxygen atoms in total. The molecule has 0 heterocycles. The van der Waals surface area contributed by atoms with Gasteiger partial charge in [-0.2, -0.15) is 0 Å². The highest BCUT2D eigenvalue weighted by Crippen LogP contribution is 2.23. The number of rotatable bonds is 8. The van der Waals surface area contributed by atoms with E-state index in [1.165, 1.54) is 15.4 Å². The second-order valence-corrected chi connectivity index (χ2v) is 9.84. The molecule has 29 heavy (non-hydrogen) atoms. The van der Waals surface area contributed by atoms with Crippen molar-refractivity contribution in [2.24, 2.45) is 0 Å². The zero-order chi connectivity index (χ0) is 21.8. The van der Waals surface area contributed by atoms with Crippen LogP contribution >= 0.6 is 11.6 Å². The second kappa shape index (κ2) is 9.63. The van der Waals surface area contributed by atoms with Crippen LogP contribution in [0.3, 0.4) is 0 Å². The van der Waals surface area contributed by atoms with Gasteiger partial charge in [0.05, 0.1) is 18.0 Å². The van der Waals surface area contributed by atoms with Crippen LogP contribution < -0.4 is 9.62 Å². The van der Waals surface area contributed by atoms with Crippen molar-refractivity contribution in [2.45, 2.75) is 46.6 Å². The molecule has 0 unspecified atom stereocenters. The van der Waals surface area contributed by atoms with E-state index in [-0.39, 0.29) is 24.9 Å². The SMILES string of the molecule is Cc1cc(C)c([C@H](C)NC(=O)CCCN(c2ccc(Cl)cc2)S(C)(=O)=O)cc1C. The number of amides is 1. The van der Waals surface area contributed by atoms with Crippen LogP contribution in [-0.4, -0.2) is 27.1 Å². The van der Waals surface area contributed by atoms with E-state index < -0.39 is 10.0 Å². The van der Waals surface area contributed by atoms with Crippen molar-refractivity contribution in [1.82, 2.24) is 5.32 Å². The summed E-state index contributed by atoms with van der Waals surface area (Å²) in [5, 5.41) is 3.56. The molecule has 0 aliphatic heterocycles. The van der Waals surface area contributed by atoms with Crippen molar-refractivity contribution in [3.63, 3.8) is 0 Å². The zero-order valence-corrected chi connectivity index (χ0v) is 19.2. The van der Waals surface area contributed by atoms with Crippen molar-refractivity contribution >= 4 is 33.2 Å². The van der Waals surface area contributed by atoms with E-state index in [1.54, 1.807) is 24.3 Å². The van der Waals surface area contributed by atoms with E-state index in [4.69, 9.17) is 11.6 Å². The van der Waals surface area contributed by atoms with Crippen LogP contribution in [0.2, 0.25) is 5.02 Å². The highest BCUT2D eigenvalue weighted by Gasteiger charge is 2.18. The summed E-state index contributed by atoms with van der Waals surface area (Å²) in [6, 6.07) is 10.8. The summed E-state index contributed by atoms with van der Waals surface area (Å²) >= 11 is 5.88. The van der Waals surface area contributed by atoms with Gasteiger partial charge < -0.3 is 5.32 Å². The summed E-state index contributed by atoms with van der Waals surface area (Å²) in [4.78, 5) is 12.4. The number of carbonyl (C=O) groups excluding carboxylic acids is 1. The monoisotopic (exact) mass is 436 g/mol. The Morgan fingerprint density at radius 1 is 1.07 bits per heavy atom. The van der Waals surface area contributed by atoms with Gasteiger partial charge in [0.2, 0.25) is 15.9 Å². The lowest BCUT2D eigenvalue weighted by Crippen LogP contribution is -2.32. The van der Waals surface area contributed by atoms with Crippen LogP contribution in [0.4, 0.5) is 5.69 Å². The van der Waals surface area contributed by atoms with Gasteiger partial charge in [-0.15, -0.1) is 0 Å². The Balaban J connectivity index is 1.97. The van der Waals surface area contributed by atoms with Gasteiger partial charge in [-0.1, -0.05) is 23.7 Å². The Morgan fingerprint density at radius 2 is 1.66 bits per heavy atom. The van der Waals surface area contributed by atoms with Crippen molar-refractivity contribution in [1.29, 1.82) is 0 Å². The molecular weight excluding hydrogens is 408 g/mol. The molecule has 0 aliphatic rings. The number of anilines is 1. The van der Waals surface area contributed by atoms with Gasteiger partial charge in [-0.25, -0.2) is 8.42 Å². The maximum Gasteiger partial charge on any atom is 0.232 e. The summed E-state index contributed by atoms with van der Waals surface area (Å²) in [5.41, 5.74) is 5.20. The fourth-order valence-corrected chi connectivity index (χ4v) is 4.41. The molecule has 0 aliphatic carbocycles. The molecule has 7 heteroatoms. The molecule has 2 rings (SSSR count). The number of sulfonamides is 1. The molecular formula is C22H29ClN2O3S. The highest BCUT2D eigenvalue weighted by atomic mass is 35.5. The smallest absolute Gasteiger partial charge is 0.232 e. The van der Waals surface area contributed by atoms with Crippen molar-refractivity contribution < 1.29 is 13.2 Å². The lowest BCUT2D eigenvalue weighted by Gasteiger charge is -2.23. The van der Waals surface area contributed by atoms with Gasteiger partial charge in [0.25, 0.3) is 0 Å². The predicted molar refractivity (Wildman–Crippen MR) is 120 cm³/mol. The Labute approximate surface area is 179 Å². The quantitative estimate of drug-likeness (QED) is 0.652. The van der Waals surface area contributed by atoms with Gasteiger partial charge in [0.15, 0.2) is 0 Å². The van der Waals surface area contributed by atoms with Crippen molar-refractivity contribution in [3.05, 3.63) is 63.7 Å². The lowest BCUT2D eigenvalue weighted by atomic mass is 9.96. The number of hydrogen-bond acceptors (Lipinski definition) is 3. The van der Waals surface area contributed by atoms with Crippen LogP contribution in [0.1, 0.15) is 48.1 Å². The van der Waals surface area contributed by atoms with E-state index >= 15 is 0 Å². The Hall–Kier alpha value is -2.05. The van der Waals surface area contributed by atoms with E-state index in [1.807, 2.05) is 13.8 Å². The first kappa shape index (κ1) is 23.2. The van der Waals surface area contributed by atoms with E-state index in [0.717, 1.165) is 17.4 Å². The van der Waals surface area contributed by atoms with E-state index in [0.29, 0.717) is 17.1 Å². The Kier molecular flexibility index (Phi) is 7.72. The highest BCUT2D eigenvalue weighted by molar-refractivity contribution is 7.92. The number of nitrogens with zero attached hydrogens (tertiary/aromatic N) is 1. The molecule has 2 aromatic carbocycles. The topological polar surface area (TPSA) is 66.5 Å². The first-order chi connectivity index (χ1) is 13.5. The third-order valence-corrected chi connectivity index (χ3v) is 6.45. The molecule has 0 fully saturated rings. The molecule has 2 aromatic rings. The molecule has 0 spiro atoms. The third kappa shape index (κ3) is 6.47. The summed E-state index contributed by atoms with van der Waals surface area (Å²) < 4.78 is 25.6. The van der Waals surface area contributed by atoms with Crippen molar-refractivity contribution in [3.8, 4) is 0 Å². The molecule has 0 bridgehead atoms. The van der Waals surface area contributed by atoms with Crippen LogP contribution in [0, 0.1) is 20.8 Å². The molecule has 0 aromatic heterocycles. The van der Waals surface area contributed by atoms with Crippen LogP contribution in [-0.2, 0) is 14.8 Å². The maximum atomic E-state index is 12.4. The summed E-state index contributed by atoms with van der Waals surface area (Å²) in [5.74, 6) is -0.0975. The van der Waals surface area contributed by atoms with Crippen LogP contribution in [0.5, 0.6) is 0 Å². The average molecular weight is 437 g/mol. The fourth-order valence-electron chi connectivity index (χ4n) is 3.32. The number of hydrogen-bond donors (Lipinski definition) is 1. The van der Waals surface area contributed by atoms with Gasteiger partial charge in [0.1, 0.15) is 0 Å². The summed E-state index contributed by atoms with van der Waals surface area (Å²) in [7, 11) is -3.45. The van der Waals surface area contributed by atoms with Crippen molar-refractivity contribution in [2.75, 3.05) is 17.1 Å². The molecule has 0 saturated heterocycles. The summed E-state index contributed by atoms with van der Waals surface area (Å²) in [6.07, 6.45) is 1.82. The number of halogens is 1. The second-order valence-electron chi connectivity index (χ2n) is 7.50. The molecule has 158 valence electrons. The van der Waals surface area contributed by atoms with Gasteiger partial charge in [-0.3, -0.25) is 9.10 Å². The van der Waals surface area contributed by atoms with Gasteiger partial charge in [-0.05, 0) is 80.6 Å². The summed E-state index contributed by atoms with van der Waals surface area (Å²) in [6.45, 7) is 8.36. The third-order valence-electron chi connectivity index (χ3n) is 5.01. The zero-order valence-electron chi connectivity index (χ0n) is 17.6. The van der Waals surface area contributed by atoms with Crippen LogP contribution in [0.15, 0.2) is 36.4 Å². The number of nitrogens with one attached hydrogen (secondary N) is 1. The van der Waals surface area contributed by atoms with Gasteiger partial charge >= 0.3 is 0 Å². The fraction of sp³-hybridized carbons (Fsp3) is 0.409. The minimum absolute atomic E-state index is 0.0975. The maximum absolute atomic E-state index is 12.4. The predicted octanol–water partition coefficient (Wildman–Crippen LogP) is 4.69. The molecule has 1 amide bonds.